The van der Waals surface area contributed by atoms with Crippen LogP contribution < -0.4 is 10.5 Å². The maximum absolute atomic E-state index is 12.5. The van der Waals surface area contributed by atoms with E-state index in [1.54, 1.807) is 38.2 Å². The number of nitrogens with zero attached hydrogens (tertiary/aromatic N) is 2. The van der Waals surface area contributed by atoms with Gasteiger partial charge in [0.25, 0.3) is 5.91 Å². The van der Waals surface area contributed by atoms with Gasteiger partial charge >= 0.3 is 0 Å². The minimum absolute atomic E-state index is 0.102. The van der Waals surface area contributed by atoms with Crippen molar-refractivity contribution in [2.45, 2.75) is 13.5 Å². The predicted molar refractivity (Wildman–Crippen MR) is 82.2 cm³/mol. The fraction of sp³-hybridized carbons (Fsp3) is 0.250. The second kappa shape index (κ2) is 6.26. The molecule has 1 amide bonds. The van der Waals surface area contributed by atoms with E-state index in [0.29, 0.717) is 23.5 Å². The van der Waals surface area contributed by atoms with E-state index in [1.807, 2.05) is 24.3 Å². The third kappa shape index (κ3) is 3.51. The number of rotatable bonds is 4. The number of nitrogen functional groups attached to an aromatic ring is 1. The molecule has 0 spiro atoms. The zero-order valence-electron chi connectivity index (χ0n) is 12.5. The van der Waals surface area contributed by atoms with Gasteiger partial charge in [0.15, 0.2) is 0 Å². The largest absolute Gasteiger partial charge is 0.497 e. The number of nitrogens with two attached hydrogens (primary N) is 1. The Morgan fingerprint density at radius 2 is 2.14 bits per heavy atom. The van der Waals surface area contributed by atoms with Gasteiger partial charge in [0.1, 0.15) is 5.75 Å². The van der Waals surface area contributed by atoms with E-state index in [4.69, 9.17) is 10.5 Å². The van der Waals surface area contributed by atoms with Crippen LogP contribution in [-0.2, 0) is 6.54 Å². The Kier molecular flexibility index (Phi) is 4.42. The molecular formula is C16H19N3O2. The first-order valence-electron chi connectivity index (χ1n) is 6.61. The van der Waals surface area contributed by atoms with Crippen molar-refractivity contribution in [1.29, 1.82) is 0 Å². The summed E-state index contributed by atoms with van der Waals surface area (Å²) in [6.45, 7) is 2.29. The van der Waals surface area contributed by atoms with Gasteiger partial charge in [-0.25, -0.2) is 0 Å². The minimum atomic E-state index is -0.102. The highest BCUT2D eigenvalue weighted by atomic mass is 16.5. The molecule has 0 unspecified atom stereocenters. The Balaban J connectivity index is 2.17. The molecule has 5 nitrogen and oxygen atoms in total. The molecule has 1 aromatic heterocycles. The van der Waals surface area contributed by atoms with Crippen LogP contribution in [0.15, 0.2) is 36.5 Å². The molecule has 0 bridgehead atoms. The molecule has 1 heterocycles. The number of benzene rings is 1. The summed E-state index contributed by atoms with van der Waals surface area (Å²) in [6, 6.07) is 9.30. The number of ether oxygens (including phenoxy) is 1. The SMILES string of the molecule is COc1cccc(CN(C)C(=O)c2cc(N)cnc2C)c1. The fourth-order valence-corrected chi connectivity index (χ4v) is 2.09. The first-order chi connectivity index (χ1) is 10.0. The molecule has 21 heavy (non-hydrogen) atoms. The maximum Gasteiger partial charge on any atom is 0.255 e. The number of aromatic nitrogens is 1. The van der Waals surface area contributed by atoms with E-state index in [0.717, 1.165) is 11.3 Å². The lowest BCUT2D eigenvalue weighted by Gasteiger charge is -2.18. The average Bonchev–Trinajstić information content (AvgIpc) is 2.49. The van der Waals surface area contributed by atoms with Crippen LogP contribution in [0, 0.1) is 6.92 Å². The van der Waals surface area contributed by atoms with Gasteiger partial charge in [-0.3, -0.25) is 9.78 Å². The normalized spacial score (nSPS) is 10.2. The number of aryl methyl sites for hydroxylation is 1. The number of hydrogen-bond donors (Lipinski definition) is 1. The molecule has 2 N–H and O–H groups in total. The summed E-state index contributed by atoms with van der Waals surface area (Å²) in [5.74, 6) is 0.672. The monoisotopic (exact) mass is 285 g/mol. The van der Waals surface area contributed by atoms with E-state index in [1.165, 1.54) is 0 Å². The molecule has 0 atom stereocenters. The standard InChI is InChI=1S/C16H19N3O2/c1-11-15(8-13(17)9-18-11)16(20)19(2)10-12-5-4-6-14(7-12)21-3/h4-9H,10,17H2,1-3H3. The van der Waals surface area contributed by atoms with Crippen LogP contribution in [0.3, 0.4) is 0 Å². The summed E-state index contributed by atoms with van der Waals surface area (Å²) in [5, 5.41) is 0. The fourth-order valence-electron chi connectivity index (χ4n) is 2.09. The van der Waals surface area contributed by atoms with Crippen molar-refractivity contribution in [2.24, 2.45) is 0 Å². The van der Waals surface area contributed by atoms with E-state index in [9.17, 15) is 4.79 Å². The smallest absolute Gasteiger partial charge is 0.255 e. The second-order valence-electron chi connectivity index (χ2n) is 4.91. The van der Waals surface area contributed by atoms with Crippen molar-refractivity contribution in [3.63, 3.8) is 0 Å². The first kappa shape index (κ1) is 14.8. The Labute approximate surface area is 124 Å². The molecule has 2 rings (SSSR count). The van der Waals surface area contributed by atoms with Crippen molar-refractivity contribution in [2.75, 3.05) is 19.9 Å². The molecule has 1 aromatic carbocycles. The number of carbonyl (C=O) groups excluding carboxylic acids is 1. The lowest BCUT2D eigenvalue weighted by Crippen LogP contribution is -2.27. The topological polar surface area (TPSA) is 68.5 Å². The van der Waals surface area contributed by atoms with E-state index in [2.05, 4.69) is 4.98 Å². The van der Waals surface area contributed by atoms with Gasteiger partial charge < -0.3 is 15.4 Å². The molecule has 110 valence electrons. The number of amides is 1. The molecule has 0 aliphatic heterocycles. The summed E-state index contributed by atoms with van der Waals surface area (Å²) < 4.78 is 5.19. The minimum Gasteiger partial charge on any atom is -0.497 e. The molecule has 5 heteroatoms. The molecule has 0 fully saturated rings. The van der Waals surface area contributed by atoms with Gasteiger partial charge in [-0.1, -0.05) is 12.1 Å². The second-order valence-corrected chi connectivity index (χ2v) is 4.91. The molecule has 0 radical (unpaired) electrons. The molecule has 0 saturated carbocycles. The third-order valence-corrected chi connectivity index (χ3v) is 3.24. The summed E-state index contributed by atoms with van der Waals surface area (Å²) in [7, 11) is 3.38. The van der Waals surface area contributed by atoms with Crippen LogP contribution in [0.4, 0.5) is 5.69 Å². The van der Waals surface area contributed by atoms with Gasteiger partial charge in [-0.2, -0.15) is 0 Å². The molecule has 0 aliphatic rings. The first-order valence-corrected chi connectivity index (χ1v) is 6.61. The molecule has 2 aromatic rings. The van der Waals surface area contributed by atoms with E-state index in [-0.39, 0.29) is 5.91 Å². The zero-order chi connectivity index (χ0) is 15.4. The van der Waals surface area contributed by atoms with Crippen LogP contribution in [0.1, 0.15) is 21.6 Å². The molecular weight excluding hydrogens is 266 g/mol. The molecule has 0 saturated heterocycles. The van der Waals surface area contributed by atoms with Gasteiger partial charge in [0, 0.05) is 13.6 Å². The summed E-state index contributed by atoms with van der Waals surface area (Å²) in [5.41, 5.74) is 8.39. The third-order valence-electron chi connectivity index (χ3n) is 3.24. The van der Waals surface area contributed by atoms with Crippen molar-refractivity contribution in [1.82, 2.24) is 9.88 Å². The lowest BCUT2D eigenvalue weighted by atomic mass is 10.1. The van der Waals surface area contributed by atoms with Crippen LogP contribution in [-0.4, -0.2) is 29.9 Å². The zero-order valence-corrected chi connectivity index (χ0v) is 12.5. The van der Waals surface area contributed by atoms with Crippen LogP contribution >= 0.6 is 0 Å². The number of carbonyl (C=O) groups is 1. The summed E-state index contributed by atoms with van der Waals surface area (Å²) >= 11 is 0. The lowest BCUT2D eigenvalue weighted by molar-refractivity contribution is 0.0784. The van der Waals surface area contributed by atoms with Crippen molar-refractivity contribution in [3.05, 3.63) is 53.3 Å². The van der Waals surface area contributed by atoms with Gasteiger partial charge in [-0.15, -0.1) is 0 Å². The van der Waals surface area contributed by atoms with Crippen LogP contribution in [0.5, 0.6) is 5.75 Å². The van der Waals surface area contributed by atoms with Gasteiger partial charge in [-0.05, 0) is 30.7 Å². The number of pyridine rings is 1. The quantitative estimate of drug-likeness (QED) is 0.935. The van der Waals surface area contributed by atoms with E-state index < -0.39 is 0 Å². The molecule has 0 aliphatic carbocycles. The van der Waals surface area contributed by atoms with Gasteiger partial charge in [0.05, 0.1) is 30.3 Å². The summed E-state index contributed by atoms with van der Waals surface area (Å²) in [4.78, 5) is 18.2. The van der Waals surface area contributed by atoms with Crippen molar-refractivity contribution < 1.29 is 9.53 Å². The van der Waals surface area contributed by atoms with Crippen molar-refractivity contribution >= 4 is 11.6 Å². The van der Waals surface area contributed by atoms with Crippen molar-refractivity contribution in [3.8, 4) is 5.75 Å². The van der Waals surface area contributed by atoms with Crippen LogP contribution in [0.2, 0.25) is 0 Å². The number of hydrogen-bond acceptors (Lipinski definition) is 4. The highest BCUT2D eigenvalue weighted by Gasteiger charge is 2.15. The Bertz CT molecular complexity index is 656. The van der Waals surface area contributed by atoms with E-state index >= 15 is 0 Å². The summed E-state index contributed by atoms with van der Waals surface area (Å²) in [6.07, 6.45) is 1.55. The van der Waals surface area contributed by atoms with Crippen LogP contribution in [0.25, 0.3) is 0 Å². The predicted octanol–water partition coefficient (Wildman–Crippen LogP) is 2.25. The maximum atomic E-state index is 12.5. The Hall–Kier alpha value is -2.56. The highest BCUT2D eigenvalue weighted by Crippen LogP contribution is 2.16. The highest BCUT2D eigenvalue weighted by molar-refractivity contribution is 5.95. The Morgan fingerprint density at radius 1 is 1.38 bits per heavy atom. The van der Waals surface area contributed by atoms with Gasteiger partial charge in [0.2, 0.25) is 0 Å². The number of anilines is 1. The average molecular weight is 285 g/mol. The number of methoxy groups -OCH3 is 1. The Morgan fingerprint density at radius 3 is 2.86 bits per heavy atom.